The average Bonchev–Trinajstić information content (AvgIpc) is 2.42. The normalized spacial score (nSPS) is 12.7. The number of likely N-dealkylation sites (N-methyl/N-ethyl adjacent to an activating group) is 1. The van der Waals surface area contributed by atoms with Gasteiger partial charge in [-0.1, -0.05) is 12.1 Å². The second-order valence-electron chi connectivity index (χ2n) is 4.57. The molecule has 0 saturated heterocycles. The van der Waals surface area contributed by atoms with E-state index in [1.54, 1.807) is 0 Å². The molecular formula is C14H24N2O2. The first-order chi connectivity index (χ1) is 8.67. The van der Waals surface area contributed by atoms with Crippen molar-refractivity contribution in [3.05, 3.63) is 29.8 Å². The highest BCUT2D eigenvalue weighted by molar-refractivity contribution is 5.28. The van der Waals surface area contributed by atoms with E-state index in [0.717, 1.165) is 24.3 Å². The molecule has 4 heteroatoms. The highest BCUT2D eigenvalue weighted by Crippen LogP contribution is 2.13. The first-order valence-corrected chi connectivity index (χ1v) is 6.40. The largest absolute Gasteiger partial charge is 0.494 e. The predicted molar refractivity (Wildman–Crippen MR) is 73.6 cm³/mol. The zero-order valence-electron chi connectivity index (χ0n) is 11.3. The minimum absolute atomic E-state index is 0.190. The molecular weight excluding hydrogens is 228 g/mol. The van der Waals surface area contributed by atoms with Gasteiger partial charge >= 0.3 is 0 Å². The van der Waals surface area contributed by atoms with Gasteiger partial charge in [0.15, 0.2) is 0 Å². The van der Waals surface area contributed by atoms with Gasteiger partial charge in [0.25, 0.3) is 0 Å². The van der Waals surface area contributed by atoms with E-state index in [2.05, 4.69) is 4.90 Å². The highest BCUT2D eigenvalue weighted by Gasteiger charge is 2.06. The van der Waals surface area contributed by atoms with E-state index in [9.17, 15) is 0 Å². The van der Waals surface area contributed by atoms with Crippen LogP contribution in [-0.4, -0.2) is 42.9 Å². The lowest BCUT2D eigenvalue weighted by Gasteiger charge is -2.22. The molecule has 1 aromatic rings. The monoisotopic (exact) mass is 252 g/mol. The molecule has 1 unspecified atom stereocenters. The second kappa shape index (κ2) is 8.08. The highest BCUT2D eigenvalue weighted by atomic mass is 16.5. The van der Waals surface area contributed by atoms with E-state index in [1.165, 1.54) is 0 Å². The molecule has 3 N–H and O–H groups in total. The summed E-state index contributed by atoms with van der Waals surface area (Å²) in [5.41, 5.74) is 6.66. The fourth-order valence-electron chi connectivity index (χ4n) is 1.63. The van der Waals surface area contributed by atoms with Crippen LogP contribution in [0.3, 0.4) is 0 Å². The van der Waals surface area contributed by atoms with Crippen molar-refractivity contribution < 1.29 is 9.84 Å². The van der Waals surface area contributed by atoms with E-state index in [4.69, 9.17) is 15.6 Å². The maximum atomic E-state index is 9.01. The van der Waals surface area contributed by atoms with E-state index in [0.29, 0.717) is 13.2 Å². The minimum atomic E-state index is 0.190. The molecule has 0 heterocycles. The lowest BCUT2D eigenvalue weighted by atomic mass is 10.2. The van der Waals surface area contributed by atoms with Gasteiger partial charge in [-0.2, -0.15) is 0 Å². The van der Waals surface area contributed by atoms with E-state index in [-0.39, 0.29) is 12.6 Å². The molecule has 0 spiro atoms. The van der Waals surface area contributed by atoms with Crippen molar-refractivity contribution in [2.45, 2.75) is 25.9 Å². The summed E-state index contributed by atoms with van der Waals surface area (Å²) in [6.07, 6.45) is 0.938. The van der Waals surface area contributed by atoms with Crippen molar-refractivity contribution in [1.82, 2.24) is 4.90 Å². The Hall–Kier alpha value is -1.10. The third kappa shape index (κ3) is 5.04. The molecule has 0 radical (unpaired) electrons. The maximum absolute atomic E-state index is 9.01. The van der Waals surface area contributed by atoms with Crippen LogP contribution < -0.4 is 10.5 Å². The third-order valence-corrected chi connectivity index (χ3v) is 3.07. The molecule has 0 amide bonds. The molecule has 0 aliphatic carbocycles. The summed E-state index contributed by atoms with van der Waals surface area (Å²) in [6, 6.07) is 8.06. The molecule has 0 aliphatic rings. The van der Waals surface area contributed by atoms with Crippen LogP contribution in [0.1, 0.15) is 18.9 Å². The molecule has 0 bridgehead atoms. The van der Waals surface area contributed by atoms with Gasteiger partial charge in [0.2, 0.25) is 0 Å². The summed E-state index contributed by atoms with van der Waals surface area (Å²) in [5, 5.41) is 9.01. The Morgan fingerprint density at radius 1 is 1.44 bits per heavy atom. The van der Waals surface area contributed by atoms with Crippen molar-refractivity contribution in [2.24, 2.45) is 5.73 Å². The Morgan fingerprint density at radius 3 is 2.89 bits per heavy atom. The fourth-order valence-corrected chi connectivity index (χ4v) is 1.63. The van der Waals surface area contributed by atoms with Gasteiger partial charge in [0.05, 0.1) is 13.2 Å². The number of rotatable bonds is 8. The van der Waals surface area contributed by atoms with Gasteiger partial charge in [-0.15, -0.1) is 0 Å². The van der Waals surface area contributed by atoms with Crippen molar-refractivity contribution >= 4 is 0 Å². The van der Waals surface area contributed by atoms with Gasteiger partial charge in [0.1, 0.15) is 5.75 Å². The molecule has 0 aromatic heterocycles. The molecule has 102 valence electrons. The Bertz CT molecular complexity index is 344. The number of hydrogen-bond donors (Lipinski definition) is 2. The predicted octanol–water partition coefficient (Wildman–Crippen LogP) is 1.23. The molecule has 1 aromatic carbocycles. The molecule has 0 saturated carbocycles. The van der Waals surface area contributed by atoms with Crippen molar-refractivity contribution in [2.75, 3.05) is 26.8 Å². The van der Waals surface area contributed by atoms with Gasteiger partial charge in [0, 0.05) is 19.1 Å². The molecule has 1 atom stereocenters. The summed E-state index contributed by atoms with van der Waals surface area (Å²) in [5.74, 6) is 0.871. The topological polar surface area (TPSA) is 58.7 Å². The lowest BCUT2D eigenvalue weighted by Crippen LogP contribution is -2.33. The summed E-state index contributed by atoms with van der Waals surface area (Å²) in [6.45, 7) is 4.32. The van der Waals surface area contributed by atoms with Crippen LogP contribution in [0.15, 0.2) is 24.3 Å². The number of hydrogen-bond acceptors (Lipinski definition) is 4. The smallest absolute Gasteiger partial charge is 0.119 e. The number of benzene rings is 1. The Balaban J connectivity index is 2.25. The Kier molecular flexibility index (Phi) is 6.72. The van der Waals surface area contributed by atoms with Crippen molar-refractivity contribution in [1.29, 1.82) is 0 Å². The standard InChI is InChI=1S/C14H24N2O2/c1-12(11-17)16(2)7-4-8-18-14-6-3-5-13(9-14)10-15/h3,5-6,9,12,17H,4,7-8,10-11,15H2,1-2H3. The zero-order valence-corrected chi connectivity index (χ0v) is 11.3. The SMILES string of the molecule is CC(CO)N(C)CCCOc1cccc(CN)c1. The van der Waals surface area contributed by atoms with Crippen LogP contribution in [0.2, 0.25) is 0 Å². The number of nitrogens with zero attached hydrogens (tertiary/aromatic N) is 1. The van der Waals surface area contributed by atoms with Gasteiger partial charge in [-0.25, -0.2) is 0 Å². The molecule has 1 rings (SSSR count). The van der Waals surface area contributed by atoms with Crippen LogP contribution in [0.5, 0.6) is 5.75 Å². The van der Waals surface area contributed by atoms with E-state index < -0.39 is 0 Å². The summed E-state index contributed by atoms with van der Waals surface area (Å²) >= 11 is 0. The van der Waals surface area contributed by atoms with Gasteiger partial charge < -0.3 is 20.5 Å². The minimum Gasteiger partial charge on any atom is -0.494 e. The van der Waals surface area contributed by atoms with Crippen molar-refractivity contribution in [3.8, 4) is 5.75 Å². The third-order valence-electron chi connectivity index (χ3n) is 3.07. The maximum Gasteiger partial charge on any atom is 0.119 e. The first-order valence-electron chi connectivity index (χ1n) is 6.40. The number of nitrogens with two attached hydrogens (primary N) is 1. The number of ether oxygens (including phenoxy) is 1. The lowest BCUT2D eigenvalue weighted by molar-refractivity contribution is 0.151. The van der Waals surface area contributed by atoms with Crippen molar-refractivity contribution in [3.63, 3.8) is 0 Å². The molecule has 0 aliphatic heterocycles. The first kappa shape index (κ1) is 15.0. The average molecular weight is 252 g/mol. The number of aliphatic hydroxyl groups excluding tert-OH is 1. The van der Waals surface area contributed by atoms with Crippen LogP contribution in [0, 0.1) is 0 Å². The molecule has 18 heavy (non-hydrogen) atoms. The summed E-state index contributed by atoms with van der Waals surface area (Å²) < 4.78 is 5.67. The van der Waals surface area contributed by atoms with Crippen LogP contribution >= 0.6 is 0 Å². The fraction of sp³-hybridized carbons (Fsp3) is 0.571. The number of aliphatic hydroxyl groups is 1. The Labute approximate surface area is 109 Å². The van der Waals surface area contributed by atoms with Crippen LogP contribution in [0.4, 0.5) is 0 Å². The van der Waals surface area contributed by atoms with Gasteiger partial charge in [-0.05, 0) is 38.1 Å². The summed E-state index contributed by atoms with van der Waals surface area (Å²) in [4.78, 5) is 2.12. The summed E-state index contributed by atoms with van der Waals surface area (Å²) in [7, 11) is 2.01. The quantitative estimate of drug-likeness (QED) is 0.683. The zero-order chi connectivity index (χ0) is 13.4. The Morgan fingerprint density at radius 2 is 2.22 bits per heavy atom. The van der Waals surface area contributed by atoms with Crippen LogP contribution in [-0.2, 0) is 6.54 Å². The second-order valence-corrected chi connectivity index (χ2v) is 4.57. The van der Waals surface area contributed by atoms with Crippen LogP contribution in [0.25, 0.3) is 0 Å². The van der Waals surface area contributed by atoms with Gasteiger partial charge in [-0.3, -0.25) is 0 Å². The van der Waals surface area contributed by atoms with E-state index in [1.807, 2.05) is 38.2 Å². The van der Waals surface area contributed by atoms with E-state index >= 15 is 0 Å². The molecule has 4 nitrogen and oxygen atoms in total. The molecule has 0 fully saturated rings.